The molecule has 2 heterocycles. The molecule has 1 unspecified atom stereocenters. The molecular weight excluding hydrogens is 505 g/mol. The Morgan fingerprint density at radius 2 is 1.79 bits per heavy atom. The smallest absolute Gasteiger partial charge is 0.255 e. The van der Waals surface area contributed by atoms with Gasteiger partial charge in [0.1, 0.15) is 11.9 Å². The minimum Gasteiger partial charge on any atom is -0.493 e. The SMILES string of the molecule is COc1ccc(C2C(C(=O)Nc3ccccc3)=C(C)Nc3nc(SCc4ccccc4F)nn32)cc1OC. The van der Waals surface area contributed by atoms with Gasteiger partial charge in [-0.1, -0.05) is 54.2 Å². The lowest BCUT2D eigenvalue weighted by Gasteiger charge is -2.29. The largest absolute Gasteiger partial charge is 0.493 e. The van der Waals surface area contributed by atoms with Crippen molar-refractivity contribution in [3.63, 3.8) is 0 Å². The van der Waals surface area contributed by atoms with E-state index in [0.29, 0.717) is 50.9 Å². The summed E-state index contributed by atoms with van der Waals surface area (Å²) in [5.74, 6) is 1.39. The molecule has 4 aromatic rings. The number of halogens is 1. The number of ether oxygens (including phenoxy) is 2. The number of fused-ring (bicyclic) bond motifs is 1. The Bertz CT molecular complexity index is 1510. The molecule has 0 bridgehead atoms. The van der Waals surface area contributed by atoms with Crippen molar-refractivity contribution in [2.75, 3.05) is 24.9 Å². The summed E-state index contributed by atoms with van der Waals surface area (Å²) in [5.41, 5.74) is 3.12. The summed E-state index contributed by atoms with van der Waals surface area (Å²) in [6.07, 6.45) is 0. The van der Waals surface area contributed by atoms with E-state index < -0.39 is 6.04 Å². The molecule has 38 heavy (non-hydrogen) atoms. The minimum absolute atomic E-state index is 0.275. The van der Waals surface area contributed by atoms with Crippen molar-refractivity contribution in [3.8, 4) is 11.5 Å². The normalized spacial score (nSPS) is 14.5. The molecule has 10 heteroatoms. The molecule has 8 nitrogen and oxygen atoms in total. The van der Waals surface area contributed by atoms with E-state index in [-0.39, 0.29) is 11.7 Å². The van der Waals surface area contributed by atoms with Gasteiger partial charge in [-0.2, -0.15) is 4.98 Å². The predicted molar refractivity (Wildman–Crippen MR) is 145 cm³/mol. The number of allylic oxidation sites excluding steroid dienone is 1. The number of hydrogen-bond donors (Lipinski definition) is 2. The number of aromatic nitrogens is 3. The zero-order valence-electron chi connectivity index (χ0n) is 21.1. The van der Waals surface area contributed by atoms with Crippen LogP contribution in [0.3, 0.4) is 0 Å². The summed E-state index contributed by atoms with van der Waals surface area (Å²) in [5, 5.41) is 11.4. The third kappa shape index (κ3) is 5.08. The van der Waals surface area contributed by atoms with Gasteiger partial charge in [0.2, 0.25) is 11.1 Å². The average molecular weight is 532 g/mol. The van der Waals surface area contributed by atoms with Gasteiger partial charge in [0, 0.05) is 17.1 Å². The highest BCUT2D eigenvalue weighted by atomic mass is 32.2. The molecule has 1 amide bonds. The predicted octanol–water partition coefficient (Wildman–Crippen LogP) is 5.65. The molecule has 0 spiro atoms. The Morgan fingerprint density at radius 1 is 1.05 bits per heavy atom. The molecular formula is C28H26FN5O3S. The van der Waals surface area contributed by atoms with E-state index >= 15 is 0 Å². The number of nitrogens with zero attached hydrogens (tertiary/aromatic N) is 3. The maximum absolute atomic E-state index is 14.2. The van der Waals surface area contributed by atoms with Crippen molar-refractivity contribution in [1.29, 1.82) is 0 Å². The Labute approximate surface area is 223 Å². The second-order valence-corrected chi connectivity index (χ2v) is 9.49. The summed E-state index contributed by atoms with van der Waals surface area (Å²) in [6.45, 7) is 1.83. The Morgan fingerprint density at radius 3 is 2.53 bits per heavy atom. The number of para-hydroxylation sites is 1. The molecule has 194 valence electrons. The second kappa shape index (κ2) is 11.0. The molecule has 0 radical (unpaired) electrons. The van der Waals surface area contributed by atoms with Crippen LogP contribution in [0.5, 0.6) is 11.5 Å². The highest BCUT2D eigenvalue weighted by Crippen LogP contribution is 2.40. The lowest BCUT2D eigenvalue weighted by molar-refractivity contribution is -0.113. The Kier molecular flexibility index (Phi) is 7.32. The van der Waals surface area contributed by atoms with E-state index in [1.807, 2.05) is 49.4 Å². The summed E-state index contributed by atoms with van der Waals surface area (Å²) in [7, 11) is 3.13. The lowest BCUT2D eigenvalue weighted by Crippen LogP contribution is -2.31. The fraction of sp³-hybridized carbons (Fsp3) is 0.179. The molecule has 1 aliphatic rings. The van der Waals surface area contributed by atoms with Crippen molar-refractivity contribution in [2.24, 2.45) is 0 Å². The first kappa shape index (κ1) is 25.3. The van der Waals surface area contributed by atoms with Crippen molar-refractivity contribution in [3.05, 3.63) is 101 Å². The van der Waals surface area contributed by atoms with Crippen LogP contribution in [-0.2, 0) is 10.5 Å². The molecule has 0 saturated heterocycles. The zero-order chi connectivity index (χ0) is 26.6. The minimum atomic E-state index is -0.606. The first-order valence-electron chi connectivity index (χ1n) is 11.9. The van der Waals surface area contributed by atoms with Crippen LogP contribution in [0.1, 0.15) is 24.1 Å². The highest BCUT2D eigenvalue weighted by molar-refractivity contribution is 7.98. The Balaban J connectivity index is 1.54. The van der Waals surface area contributed by atoms with E-state index in [2.05, 4.69) is 15.6 Å². The van der Waals surface area contributed by atoms with E-state index in [1.54, 1.807) is 43.2 Å². The van der Waals surface area contributed by atoms with Gasteiger partial charge in [-0.05, 0) is 48.4 Å². The monoisotopic (exact) mass is 531 g/mol. The van der Waals surface area contributed by atoms with Crippen molar-refractivity contribution >= 4 is 29.3 Å². The summed E-state index contributed by atoms with van der Waals surface area (Å²) >= 11 is 1.32. The first-order valence-corrected chi connectivity index (χ1v) is 12.9. The van der Waals surface area contributed by atoms with Crippen LogP contribution in [0.2, 0.25) is 0 Å². The summed E-state index contributed by atoms with van der Waals surface area (Å²) < 4.78 is 26.8. The Hall–Kier alpha value is -4.31. The number of amides is 1. The van der Waals surface area contributed by atoms with Gasteiger partial charge in [0.05, 0.1) is 19.8 Å². The molecule has 2 N–H and O–H groups in total. The molecule has 1 aliphatic heterocycles. The number of anilines is 2. The average Bonchev–Trinajstić information content (AvgIpc) is 3.34. The van der Waals surface area contributed by atoms with Gasteiger partial charge in [0.15, 0.2) is 11.5 Å². The topological polar surface area (TPSA) is 90.3 Å². The third-order valence-corrected chi connectivity index (χ3v) is 7.03. The van der Waals surface area contributed by atoms with Crippen LogP contribution in [0.25, 0.3) is 0 Å². The van der Waals surface area contributed by atoms with Gasteiger partial charge in [-0.3, -0.25) is 4.79 Å². The molecule has 1 atom stereocenters. The van der Waals surface area contributed by atoms with Crippen molar-refractivity contribution in [1.82, 2.24) is 14.8 Å². The quantitative estimate of drug-likeness (QED) is 0.284. The summed E-state index contributed by atoms with van der Waals surface area (Å²) in [4.78, 5) is 18.3. The lowest BCUT2D eigenvalue weighted by atomic mass is 9.94. The molecule has 1 aromatic heterocycles. The number of carbonyl (C=O) groups is 1. The molecule has 0 saturated carbocycles. The van der Waals surface area contributed by atoms with Gasteiger partial charge >= 0.3 is 0 Å². The molecule has 5 rings (SSSR count). The fourth-order valence-electron chi connectivity index (χ4n) is 4.30. The number of methoxy groups -OCH3 is 2. The van der Waals surface area contributed by atoms with Crippen LogP contribution in [0, 0.1) is 5.82 Å². The van der Waals surface area contributed by atoms with Crippen molar-refractivity contribution in [2.45, 2.75) is 23.9 Å². The zero-order valence-corrected chi connectivity index (χ0v) is 21.9. The second-order valence-electron chi connectivity index (χ2n) is 8.54. The van der Waals surface area contributed by atoms with Crippen LogP contribution < -0.4 is 20.1 Å². The molecule has 3 aromatic carbocycles. The van der Waals surface area contributed by atoms with Gasteiger partial charge in [0.25, 0.3) is 5.91 Å². The standard InChI is InChI=1S/C28H26FN5O3S/c1-17-24(26(35)31-20-10-5-4-6-11-20)25(18-13-14-22(36-2)23(15-18)37-3)34-27(30-17)32-28(33-34)38-16-19-9-7-8-12-21(19)29/h4-15,25H,16H2,1-3H3,(H,31,35)(H,30,32,33). The van der Waals surface area contributed by atoms with Gasteiger partial charge in [-0.15, -0.1) is 5.10 Å². The molecule has 0 aliphatic carbocycles. The van der Waals surface area contributed by atoms with E-state index in [9.17, 15) is 9.18 Å². The van der Waals surface area contributed by atoms with E-state index in [1.165, 1.54) is 17.8 Å². The number of hydrogen-bond acceptors (Lipinski definition) is 7. The number of rotatable bonds is 8. The molecule has 0 fully saturated rings. The van der Waals surface area contributed by atoms with Crippen LogP contribution in [-0.4, -0.2) is 34.9 Å². The third-order valence-electron chi connectivity index (χ3n) is 6.15. The van der Waals surface area contributed by atoms with Crippen molar-refractivity contribution < 1.29 is 18.7 Å². The van der Waals surface area contributed by atoms with E-state index in [0.717, 1.165) is 5.56 Å². The van der Waals surface area contributed by atoms with E-state index in [4.69, 9.17) is 14.6 Å². The first-order chi connectivity index (χ1) is 18.5. The number of carbonyl (C=O) groups excluding carboxylic acids is 1. The van der Waals surface area contributed by atoms with Crippen LogP contribution in [0.15, 0.2) is 89.2 Å². The van der Waals surface area contributed by atoms with Crippen LogP contribution in [0.4, 0.5) is 16.0 Å². The van der Waals surface area contributed by atoms with Gasteiger partial charge in [-0.25, -0.2) is 9.07 Å². The van der Waals surface area contributed by atoms with Gasteiger partial charge < -0.3 is 20.1 Å². The summed E-state index contributed by atoms with van der Waals surface area (Å²) in [6, 6.07) is 20.8. The number of thioether (sulfide) groups is 1. The number of nitrogens with one attached hydrogen (secondary N) is 2. The fourth-order valence-corrected chi connectivity index (χ4v) is 5.11. The highest BCUT2D eigenvalue weighted by Gasteiger charge is 2.35. The maximum atomic E-state index is 14.2. The number of benzene rings is 3. The van der Waals surface area contributed by atoms with Crippen LogP contribution >= 0.6 is 11.8 Å². The maximum Gasteiger partial charge on any atom is 0.255 e.